The number of benzene rings is 2. The highest BCUT2D eigenvalue weighted by Gasteiger charge is 2.25. The summed E-state index contributed by atoms with van der Waals surface area (Å²) >= 11 is 0. The molecule has 6 nitrogen and oxygen atoms in total. The number of hydrazine groups is 1. The van der Waals surface area contributed by atoms with Gasteiger partial charge in [0.1, 0.15) is 18.1 Å². The van der Waals surface area contributed by atoms with Gasteiger partial charge in [-0.25, -0.2) is 4.39 Å². The molecule has 1 heterocycles. The number of ether oxygens (including phenoxy) is 1. The van der Waals surface area contributed by atoms with Gasteiger partial charge >= 0.3 is 0 Å². The van der Waals surface area contributed by atoms with E-state index < -0.39 is 0 Å². The van der Waals surface area contributed by atoms with Crippen LogP contribution in [0.5, 0.6) is 0 Å². The van der Waals surface area contributed by atoms with Crippen molar-refractivity contribution in [2.24, 2.45) is 0 Å². The Balaban J connectivity index is 1.94. The fraction of sp³-hybridized carbons (Fsp3) is 0.250. The Hall–Kier alpha value is -3.29. The van der Waals surface area contributed by atoms with Crippen LogP contribution in [0, 0.1) is 5.82 Å². The monoisotopic (exact) mass is 423 g/mol. The predicted octanol–water partition coefficient (Wildman–Crippen LogP) is 3.61. The number of carbonyl (C=O) groups excluding carboxylic acids is 2. The lowest BCUT2D eigenvalue weighted by Crippen LogP contribution is -2.43. The first-order chi connectivity index (χ1) is 15.0. The second-order valence-electron chi connectivity index (χ2n) is 7.32. The Morgan fingerprint density at radius 3 is 2.55 bits per heavy atom. The van der Waals surface area contributed by atoms with E-state index in [-0.39, 0.29) is 23.9 Å². The van der Waals surface area contributed by atoms with E-state index in [1.54, 1.807) is 23.4 Å². The molecule has 2 aromatic rings. The van der Waals surface area contributed by atoms with Gasteiger partial charge < -0.3 is 4.74 Å². The largest absolute Gasteiger partial charge is 0.483 e. The van der Waals surface area contributed by atoms with Crippen molar-refractivity contribution < 1.29 is 18.7 Å². The van der Waals surface area contributed by atoms with Crippen LogP contribution in [0.3, 0.4) is 0 Å². The zero-order valence-corrected chi connectivity index (χ0v) is 17.7. The van der Waals surface area contributed by atoms with Crippen molar-refractivity contribution in [2.45, 2.75) is 26.6 Å². The van der Waals surface area contributed by atoms with Crippen LogP contribution in [-0.2, 0) is 34.0 Å². The number of allylic oxidation sites excluding steroid dienone is 3. The third-order valence-electron chi connectivity index (χ3n) is 4.92. The smallest absolute Gasteiger partial charge is 0.187 e. The van der Waals surface area contributed by atoms with Crippen LogP contribution >= 0.6 is 0 Å². The molecular weight excluding hydrogens is 397 g/mol. The van der Waals surface area contributed by atoms with E-state index in [1.807, 2.05) is 54.2 Å². The topological polar surface area (TPSA) is 53.1 Å². The summed E-state index contributed by atoms with van der Waals surface area (Å²) in [5.41, 5.74) is 2.79. The minimum absolute atomic E-state index is 0.0664. The van der Waals surface area contributed by atoms with Crippen LogP contribution in [0.15, 0.2) is 72.3 Å². The Kier molecular flexibility index (Phi) is 7.70. The average Bonchev–Trinajstić information content (AvgIpc) is 2.93. The molecule has 0 saturated carbocycles. The Bertz CT molecular complexity index is 975. The Morgan fingerprint density at radius 2 is 1.87 bits per heavy atom. The second-order valence-corrected chi connectivity index (χ2v) is 7.32. The van der Waals surface area contributed by atoms with Crippen molar-refractivity contribution >= 4 is 12.6 Å². The number of fused-ring (bicyclic) bond motifs is 1. The first-order valence-corrected chi connectivity index (χ1v) is 9.99. The molecule has 31 heavy (non-hydrogen) atoms. The summed E-state index contributed by atoms with van der Waals surface area (Å²) in [6.07, 6.45) is 4.60. The molecule has 0 N–H and O–H groups in total. The summed E-state index contributed by atoms with van der Waals surface area (Å²) in [6, 6.07) is 14.1. The van der Waals surface area contributed by atoms with Gasteiger partial charge in [-0.05, 0) is 42.8 Å². The molecule has 2 aromatic carbocycles. The summed E-state index contributed by atoms with van der Waals surface area (Å²) < 4.78 is 19.6. The number of carbonyl (C=O) groups is 2. The first kappa shape index (κ1) is 22.4. The molecule has 0 aromatic heterocycles. The molecular formula is C24H26FN3O3. The number of halogens is 1. The fourth-order valence-electron chi connectivity index (χ4n) is 3.50. The summed E-state index contributed by atoms with van der Waals surface area (Å²) in [7, 11) is 1.94. The lowest BCUT2D eigenvalue weighted by molar-refractivity contribution is -0.113. The van der Waals surface area contributed by atoms with E-state index in [9.17, 15) is 14.0 Å². The molecule has 0 bridgehead atoms. The number of aldehydes is 2. The Morgan fingerprint density at radius 1 is 1.10 bits per heavy atom. The van der Waals surface area contributed by atoms with Crippen LogP contribution in [0.2, 0.25) is 0 Å². The van der Waals surface area contributed by atoms with Gasteiger partial charge in [0.25, 0.3) is 0 Å². The van der Waals surface area contributed by atoms with Gasteiger partial charge in [0.2, 0.25) is 0 Å². The first-order valence-electron chi connectivity index (χ1n) is 9.99. The quantitative estimate of drug-likeness (QED) is 0.367. The SMILES string of the molecule is C/C=C\N(/C(C=O)=C(\C=O)OCc1ccccc1)N1Cc2cc(F)ccc2CN(C)C1. The molecule has 0 unspecified atom stereocenters. The van der Waals surface area contributed by atoms with E-state index in [0.29, 0.717) is 32.3 Å². The maximum Gasteiger partial charge on any atom is 0.187 e. The number of hydrogen-bond donors (Lipinski definition) is 0. The number of nitrogens with zero attached hydrogens (tertiary/aromatic N) is 3. The van der Waals surface area contributed by atoms with Gasteiger partial charge in [-0.2, -0.15) is 5.01 Å². The molecule has 0 aliphatic carbocycles. The molecule has 0 radical (unpaired) electrons. The zero-order valence-electron chi connectivity index (χ0n) is 17.7. The molecule has 1 aliphatic rings. The van der Waals surface area contributed by atoms with Crippen LogP contribution in [0.1, 0.15) is 23.6 Å². The zero-order chi connectivity index (χ0) is 22.2. The molecule has 0 atom stereocenters. The van der Waals surface area contributed by atoms with E-state index in [4.69, 9.17) is 4.74 Å². The van der Waals surface area contributed by atoms with Gasteiger partial charge in [0, 0.05) is 19.3 Å². The maximum atomic E-state index is 13.9. The van der Waals surface area contributed by atoms with Crippen molar-refractivity contribution in [3.05, 3.63) is 94.8 Å². The third kappa shape index (κ3) is 5.65. The molecule has 3 rings (SSSR count). The lowest BCUT2D eigenvalue weighted by Gasteiger charge is -2.35. The second kappa shape index (κ2) is 10.7. The molecule has 0 saturated heterocycles. The van der Waals surface area contributed by atoms with Gasteiger partial charge in [-0.15, -0.1) is 0 Å². The fourth-order valence-corrected chi connectivity index (χ4v) is 3.50. The van der Waals surface area contributed by atoms with Gasteiger partial charge in [0.15, 0.2) is 18.3 Å². The molecule has 162 valence electrons. The van der Waals surface area contributed by atoms with Crippen molar-refractivity contribution in [3.63, 3.8) is 0 Å². The van der Waals surface area contributed by atoms with Crippen LogP contribution in [-0.4, -0.2) is 41.2 Å². The highest BCUT2D eigenvalue weighted by molar-refractivity contribution is 5.84. The van der Waals surface area contributed by atoms with Gasteiger partial charge in [-0.3, -0.25) is 19.5 Å². The molecule has 0 amide bonds. The molecule has 1 aliphatic heterocycles. The van der Waals surface area contributed by atoms with Crippen molar-refractivity contribution in [1.29, 1.82) is 0 Å². The number of hydrogen-bond acceptors (Lipinski definition) is 6. The maximum absolute atomic E-state index is 13.9. The normalized spacial score (nSPS) is 15.7. The minimum atomic E-state index is -0.313. The minimum Gasteiger partial charge on any atom is -0.483 e. The highest BCUT2D eigenvalue weighted by atomic mass is 19.1. The molecule has 0 spiro atoms. The van der Waals surface area contributed by atoms with Gasteiger partial charge in [-0.1, -0.05) is 42.5 Å². The summed E-state index contributed by atoms with van der Waals surface area (Å²) in [4.78, 5) is 25.9. The van der Waals surface area contributed by atoms with E-state index >= 15 is 0 Å². The van der Waals surface area contributed by atoms with Crippen LogP contribution < -0.4 is 0 Å². The van der Waals surface area contributed by atoms with Crippen molar-refractivity contribution in [2.75, 3.05) is 13.7 Å². The number of rotatable bonds is 8. The molecule has 7 heteroatoms. The standard InChI is InChI=1S/C24H26FN3O3/c1-3-11-28(23(15-29)24(16-30)31-17-19-7-5-4-6-8-19)27-14-21-12-22(25)10-9-20(21)13-26(2)18-27/h3-12,15-16H,13-14,17-18H2,1-2H3/b11-3-,24-23+. The van der Waals surface area contributed by atoms with E-state index in [2.05, 4.69) is 0 Å². The van der Waals surface area contributed by atoms with Crippen molar-refractivity contribution in [1.82, 2.24) is 14.9 Å². The van der Waals surface area contributed by atoms with E-state index in [0.717, 1.165) is 16.7 Å². The molecule has 0 fully saturated rings. The summed E-state index contributed by atoms with van der Waals surface area (Å²) in [5, 5.41) is 3.46. The lowest BCUT2D eigenvalue weighted by atomic mass is 10.1. The predicted molar refractivity (Wildman–Crippen MR) is 115 cm³/mol. The van der Waals surface area contributed by atoms with Crippen LogP contribution in [0.4, 0.5) is 4.39 Å². The Labute approximate surface area is 181 Å². The highest BCUT2D eigenvalue weighted by Crippen LogP contribution is 2.24. The summed E-state index contributed by atoms with van der Waals surface area (Å²) in [5.74, 6) is -0.380. The van der Waals surface area contributed by atoms with Gasteiger partial charge in [0.05, 0.1) is 6.67 Å². The third-order valence-corrected chi connectivity index (χ3v) is 4.92. The average molecular weight is 423 g/mol. The summed E-state index contributed by atoms with van der Waals surface area (Å²) in [6.45, 7) is 3.44. The van der Waals surface area contributed by atoms with E-state index in [1.165, 1.54) is 12.1 Å². The van der Waals surface area contributed by atoms with Crippen LogP contribution in [0.25, 0.3) is 0 Å². The van der Waals surface area contributed by atoms with Crippen molar-refractivity contribution in [3.8, 4) is 0 Å².